The van der Waals surface area contributed by atoms with Gasteiger partial charge in [0.25, 0.3) is 0 Å². The second-order valence-corrected chi connectivity index (χ2v) is 4.82. The van der Waals surface area contributed by atoms with Gasteiger partial charge >= 0.3 is 0 Å². The van der Waals surface area contributed by atoms with Crippen molar-refractivity contribution < 1.29 is 4.39 Å². The van der Waals surface area contributed by atoms with Gasteiger partial charge in [-0.2, -0.15) is 0 Å². The number of nitrogens with two attached hydrogens (primary N) is 1. The first-order chi connectivity index (χ1) is 8.06. The minimum Gasteiger partial charge on any atom is -0.383 e. The molecule has 0 bridgehead atoms. The Kier molecular flexibility index (Phi) is 3.43. The molecule has 88 valence electrons. The van der Waals surface area contributed by atoms with E-state index in [4.69, 9.17) is 5.73 Å². The fraction of sp³-hybridized carbons (Fsp3) is 0.154. The molecular weight excluding hydrogens is 283 g/mol. The van der Waals surface area contributed by atoms with Gasteiger partial charge in [-0.05, 0) is 41.8 Å². The number of benzene rings is 1. The molecule has 0 atom stereocenters. The summed E-state index contributed by atoms with van der Waals surface area (Å²) in [5.74, 6) is 0.245. The number of nitrogens with zero attached hydrogens (tertiary/aromatic N) is 1. The van der Waals surface area contributed by atoms with E-state index in [2.05, 4.69) is 20.9 Å². The first kappa shape index (κ1) is 12.0. The lowest BCUT2D eigenvalue weighted by atomic mass is 10.0. The SMILES string of the molecule is Cc1cnc(N)c(Cc2cc(F)ccc2Br)c1. The van der Waals surface area contributed by atoms with Crippen molar-refractivity contribution in [2.45, 2.75) is 13.3 Å². The summed E-state index contributed by atoms with van der Waals surface area (Å²) in [5.41, 5.74) is 8.63. The summed E-state index contributed by atoms with van der Waals surface area (Å²) in [6, 6.07) is 6.60. The monoisotopic (exact) mass is 294 g/mol. The minimum atomic E-state index is -0.248. The third kappa shape index (κ3) is 2.82. The maximum atomic E-state index is 13.2. The number of anilines is 1. The van der Waals surface area contributed by atoms with Gasteiger partial charge in [0, 0.05) is 17.1 Å². The van der Waals surface area contributed by atoms with Gasteiger partial charge in [-0.3, -0.25) is 0 Å². The van der Waals surface area contributed by atoms with Crippen molar-refractivity contribution in [1.29, 1.82) is 0 Å². The van der Waals surface area contributed by atoms with Crippen LogP contribution in [0.5, 0.6) is 0 Å². The summed E-state index contributed by atoms with van der Waals surface area (Å²) < 4.78 is 14.0. The van der Waals surface area contributed by atoms with Crippen molar-refractivity contribution in [2.24, 2.45) is 0 Å². The molecule has 17 heavy (non-hydrogen) atoms. The molecule has 1 heterocycles. The normalized spacial score (nSPS) is 10.5. The average molecular weight is 295 g/mol. The summed E-state index contributed by atoms with van der Waals surface area (Å²) in [5, 5.41) is 0. The Morgan fingerprint density at radius 1 is 1.29 bits per heavy atom. The quantitative estimate of drug-likeness (QED) is 0.921. The van der Waals surface area contributed by atoms with E-state index in [0.29, 0.717) is 12.2 Å². The zero-order chi connectivity index (χ0) is 12.4. The van der Waals surface area contributed by atoms with E-state index in [1.165, 1.54) is 12.1 Å². The van der Waals surface area contributed by atoms with Crippen molar-refractivity contribution in [1.82, 2.24) is 4.98 Å². The van der Waals surface area contributed by atoms with Crippen LogP contribution in [0.25, 0.3) is 0 Å². The van der Waals surface area contributed by atoms with E-state index < -0.39 is 0 Å². The molecular formula is C13H12BrFN2. The Bertz CT molecular complexity index is 506. The Morgan fingerprint density at radius 3 is 2.82 bits per heavy atom. The van der Waals surface area contributed by atoms with Crippen LogP contribution in [0.4, 0.5) is 10.2 Å². The van der Waals surface area contributed by atoms with E-state index in [1.807, 2.05) is 13.0 Å². The van der Waals surface area contributed by atoms with Crippen molar-refractivity contribution >= 4 is 21.7 Å². The lowest BCUT2D eigenvalue weighted by Gasteiger charge is -2.08. The number of pyridine rings is 1. The molecule has 0 amide bonds. The van der Waals surface area contributed by atoms with Gasteiger partial charge in [-0.15, -0.1) is 0 Å². The van der Waals surface area contributed by atoms with Crippen LogP contribution in [-0.4, -0.2) is 4.98 Å². The first-order valence-electron chi connectivity index (χ1n) is 5.21. The predicted octanol–water partition coefficient (Wildman–Crippen LogP) is 3.46. The van der Waals surface area contributed by atoms with Crippen molar-refractivity contribution in [3.05, 3.63) is 57.4 Å². The highest BCUT2D eigenvalue weighted by Gasteiger charge is 2.07. The number of hydrogen-bond acceptors (Lipinski definition) is 2. The minimum absolute atomic E-state index is 0.248. The van der Waals surface area contributed by atoms with E-state index >= 15 is 0 Å². The molecule has 1 aromatic heterocycles. The third-order valence-electron chi connectivity index (χ3n) is 2.53. The predicted molar refractivity (Wildman–Crippen MR) is 70.3 cm³/mol. The molecule has 2 rings (SSSR count). The van der Waals surface area contributed by atoms with Crippen LogP contribution in [0.3, 0.4) is 0 Å². The van der Waals surface area contributed by atoms with E-state index in [-0.39, 0.29) is 5.82 Å². The number of nitrogen functional groups attached to an aromatic ring is 1. The molecule has 0 spiro atoms. The molecule has 0 aliphatic heterocycles. The van der Waals surface area contributed by atoms with Gasteiger partial charge in [0.15, 0.2) is 0 Å². The Morgan fingerprint density at radius 2 is 2.06 bits per heavy atom. The van der Waals surface area contributed by atoms with E-state index in [0.717, 1.165) is 21.2 Å². The second kappa shape index (κ2) is 4.84. The van der Waals surface area contributed by atoms with Crippen LogP contribution < -0.4 is 5.73 Å². The topological polar surface area (TPSA) is 38.9 Å². The average Bonchev–Trinajstić information content (AvgIpc) is 2.28. The number of halogens is 2. The van der Waals surface area contributed by atoms with E-state index in [9.17, 15) is 4.39 Å². The van der Waals surface area contributed by atoms with Gasteiger partial charge < -0.3 is 5.73 Å². The fourth-order valence-corrected chi connectivity index (χ4v) is 2.05. The number of hydrogen-bond donors (Lipinski definition) is 1. The standard InChI is InChI=1S/C13H12BrFN2/c1-8-4-10(13(16)17-7-8)5-9-6-11(15)2-3-12(9)14/h2-4,6-7H,5H2,1H3,(H2,16,17). The zero-order valence-electron chi connectivity index (χ0n) is 9.37. The molecule has 0 aliphatic rings. The lowest BCUT2D eigenvalue weighted by Crippen LogP contribution is -2.00. The van der Waals surface area contributed by atoms with Gasteiger partial charge in [0.05, 0.1) is 0 Å². The van der Waals surface area contributed by atoms with Crippen molar-refractivity contribution in [3.8, 4) is 0 Å². The first-order valence-corrected chi connectivity index (χ1v) is 6.00. The summed E-state index contributed by atoms with van der Waals surface area (Å²) in [7, 11) is 0. The van der Waals surface area contributed by atoms with Crippen molar-refractivity contribution in [2.75, 3.05) is 5.73 Å². The number of aromatic nitrogens is 1. The zero-order valence-corrected chi connectivity index (χ0v) is 11.0. The number of aryl methyl sites for hydroxylation is 1. The highest BCUT2D eigenvalue weighted by atomic mass is 79.9. The van der Waals surface area contributed by atoms with Crippen LogP contribution in [-0.2, 0) is 6.42 Å². The largest absolute Gasteiger partial charge is 0.383 e. The molecule has 0 unspecified atom stereocenters. The summed E-state index contributed by atoms with van der Waals surface area (Å²) in [6.07, 6.45) is 2.29. The molecule has 2 nitrogen and oxygen atoms in total. The van der Waals surface area contributed by atoms with Gasteiger partial charge in [0.2, 0.25) is 0 Å². The molecule has 2 N–H and O–H groups in total. The van der Waals surface area contributed by atoms with Crippen LogP contribution in [0.1, 0.15) is 16.7 Å². The molecule has 0 radical (unpaired) electrons. The third-order valence-corrected chi connectivity index (χ3v) is 3.30. The van der Waals surface area contributed by atoms with Gasteiger partial charge in [0.1, 0.15) is 11.6 Å². The Hall–Kier alpha value is -1.42. The van der Waals surface area contributed by atoms with Gasteiger partial charge in [-0.25, -0.2) is 9.37 Å². The molecule has 1 aromatic carbocycles. The van der Waals surface area contributed by atoms with Crippen LogP contribution in [0.2, 0.25) is 0 Å². The smallest absolute Gasteiger partial charge is 0.126 e. The Labute approximate surface area is 108 Å². The number of rotatable bonds is 2. The maximum absolute atomic E-state index is 13.2. The molecule has 0 saturated carbocycles. The maximum Gasteiger partial charge on any atom is 0.126 e. The summed E-state index contributed by atoms with van der Waals surface area (Å²) in [6.45, 7) is 1.95. The van der Waals surface area contributed by atoms with Gasteiger partial charge in [-0.1, -0.05) is 22.0 Å². The van der Waals surface area contributed by atoms with Crippen LogP contribution in [0.15, 0.2) is 34.9 Å². The highest BCUT2D eigenvalue weighted by Crippen LogP contribution is 2.23. The second-order valence-electron chi connectivity index (χ2n) is 3.97. The van der Waals surface area contributed by atoms with E-state index in [1.54, 1.807) is 12.3 Å². The van der Waals surface area contributed by atoms with Crippen molar-refractivity contribution in [3.63, 3.8) is 0 Å². The molecule has 0 fully saturated rings. The lowest BCUT2D eigenvalue weighted by molar-refractivity contribution is 0.625. The summed E-state index contributed by atoms with van der Waals surface area (Å²) >= 11 is 3.40. The van der Waals surface area contributed by atoms with Crippen LogP contribution >= 0.6 is 15.9 Å². The van der Waals surface area contributed by atoms with Crippen LogP contribution in [0, 0.1) is 12.7 Å². The molecule has 4 heteroatoms. The fourth-order valence-electron chi connectivity index (χ4n) is 1.67. The highest BCUT2D eigenvalue weighted by molar-refractivity contribution is 9.10. The Balaban J connectivity index is 2.37. The molecule has 0 saturated heterocycles. The summed E-state index contributed by atoms with van der Waals surface area (Å²) in [4.78, 5) is 4.10. The molecule has 2 aromatic rings. The molecule has 0 aliphatic carbocycles.